The highest BCUT2D eigenvalue weighted by Gasteiger charge is 2.26. The highest BCUT2D eigenvalue weighted by molar-refractivity contribution is 7.98. The number of carbonyl (C=O) groups is 2. The van der Waals surface area contributed by atoms with Crippen LogP contribution in [0.2, 0.25) is 0 Å². The Kier molecular flexibility index (Phi) is 6.50. The second-order valence-electron chi connectivity index (χ2n) is 6.68. The summed E-state index contributed by atoms with van der Waals surface area (Å²) in [4.78, 5) is 28.0. The van der Waals surface area contributed by atoms with Gasteiger partial charge in [-0.05, 0) is 61.4 Å². The molecular weight excluding hydrogens is 363 g/mol. The number of carbonyl (C=O) groups excluding carboxylic acids is 2. The number of amides is 2. The molecule has 1 aliphatic heterocycles. The van der Waals surface area contributed by atoms with E-state index in [9.17, 15) is 14.0 Å². The standard InChI is InChI=1S/C21H23FN2O2S/c1-27-19-7-3-2-6-18(19)21(26)24-12-4-5-15(14-24)13-23-20(25)16-8-10-17(22)11-9-16/h2-3,6-11,15H,4-5,12-14H2,1H3,(H,23,25)/t15-/m1/s1. The van der Waals surface area contributed by atoms with E-state index in [1.54, 1.807) is 11.8 Å². The van der Waals surface area contributed by atoms with Crippen molar-refractivity contribution >= 4 is 23.6 Å². The second kappa shape index (κ2) is 9.04. The smallest absolute Gasteiger partial charge is 0.254 e. The Morgan fingerprint density at radius 3 is 2.67 bits per heavy atom. The minimum absolute atomic E-state index is 0.0505. The number of likely N-dealkylation sites (tertiary alicyclic amines) is 1. The molecule has 2 aromatic rings. The van der Waals surface area contributed by atoms with Gasteiger partial charge in [-0.15, -0.1) is 11.8 Å². The predicted octanol–water partition coefficient (Wildman–Crippen LogP) is 3.83. The van der Waals surface area contributed by atoms with E-state index in [2.05, 4.69) is 5.32 Å². The fourth-order valence-corrected chi connectivity index (χ4v) is 3.94. The number of hydrogen-bond acceptors (Lipinski definition) is 3. The quantitative estimate of drug-likeness (QED) is 0.795. The first kappa shape index (κ1) is 19.4. The lowest BCUT2D eigenvalue weighted by atomic mass is 9.97. The Hall–Kier alpha value is -2.34. The monoisotopic (exact) mass is 386 g/mol. The SMILES string of the molecule is CSc1ccccc1C(=O)N1CCC[C@H](CNC(=O)c2ccc(F)cc2)C1. The summed E-state index contributed by atoms with van der Waals surface area (Å²) in [6.45, 7) is 1.87. The molecule has 0 spiro atoms. The molecule has 4 nitrogen and oxygen atoms in total. The molecule has 1 atom stereocenters. The molecule has 6 heteroatoms. The average molecular weight is 386 g/mol. The summed E-state index contributed by atoms with van der Waals surface area (Å²) >= 11 is 1.57. The molecule has 2 amide bonds. The van der Waals surface area contributed by atoms with E-state index in [0.29, 0.717) is 18.7 Å². The van der Waals surface area contributed by atoms with Gasteiger partial charge in [0.1, 0.15) is 5.82 Å². The number of halogens is 1. The molecule has 1 saturated heterocycles. The molecular formula is C21H23FN2O2S. The molecule has 1 fully saturated rings. The molecule has 1 heterocycles. The average Bonchev–Trinajstić information content (AvgIpc) is 2.72. The van der Waals surface area contributed by atoms with Gasteiger partial charge in [0.05, 0.1) is 5.56 Å². The van der Waals surface area contributed by atoms with Crippen molar-refractivity contribution in [2.45, 2.75) is 17.7 Å². The van der Waals surface area contributed by atoms with Gasteiger partial charge < -0.3 is 10.2 Å². The van der Waals surface area contributed by atoms with Crippen LogP contribution in [0, 0.1) is 11.7 Å². The van der Waals surface area contributed by atoms with Crippen LogP contribution >= 0.6 is 11.8 Å². The number of benzene rings is 2. The Bertz CT molecular complexity index is 810. The lowest BCUT2D eigenvalue weighted by Gasteiger charge is -2.33. The number of hydrogen-bond donors (Lipinski definition) is 1. The van der Waals surface area contributed by atoms with Crippen molar-refractivity contribution in [2.24, 2.45) is 5.92 Å². The lowest BCUT2D eigenvalue weighted by molar-refractivity contribution is 0.0667. The minimum Gasteiger partial charge on any atom is -0.352 e. The summed E-state index contributed by atoms with van der Waals surface area (Å²) < 4.78 is 13.0. The third-order valence-electron chi connectivity index (χ3n) is 4.80. The van der Waals surface area contributed by atoms with Crippen molar-refractivity contribution < 1.29 is 14.0 Å². The van der Waals surface area contributed by atoms with Crippen molar-refractivity contribution in [3.63, 3.8) is 0 Å². The van der Waals surface area contributed by atoms with Crippen LogP contribution in [0.15, 0.2) is 53.4 Å². The molecule has 0 saturated carbocycles. The lowest BCUT2D eigenvalue weighted by Crippen LogP contribution is -2.43. The topological polar surface area (TPSA) is 49.4 Å². The summed E-state index contributed by atoms with van der Waals surface area (Å²) in [5.74, 6) is -0.312. The Balaban J connectivity index is 1.58. The maximum absolute atomic E-state index is 13.0. The third-order valence-corrected chi connectivity index (χ3v) is 5.60. The molecule has 27 heavy (non-hydrogen) atoms. The Labute approximate surface area is 163 Å². The van der Waals surface area contributed by atoms with Gasteiger partial charge in [0.15, 0.2) is 0 Å². The summed E-state index contributed by atoms with van der Waals surface area (Å²) in [6.07, 6.45) is 3.86. The normalized spacial score (nSPS) is 16.8. The summed E-state index contributed by atoms with van der Waals surface area (Å²) in [6, 6.07) is 13.2. The zero-order valence-corrected chi connectivity index (χ0v) is 16.1. The van der Waals surface area contributed by atoms with Crippen LogP contribution in [0.4, 0.5) is 4.39 Å². The first-order valence-electron chi connectivity index (χ1n) is 9.04. The van der Waals surface area contributed by atoms with E-state index in [0.717, 1.165) is 29.8 Å². The number of thioether (sulfide) groups is 1. The van der Waals surface area contributed by atoms with Crippen LogP contribution in [0.3, 0.4) is 0 Å². The maximum Gasteiger partial charge on any atom is 0.254 e. The minimum atomic E-state index is -0.362. The number of rotatable bonds is 5. The molecule has 0 aromatic heterocycles. The molecule has 3 rings (SSSR count). The molecule has 0 bridgehead atoms. The molecule has 142 valence electrons. The predicted molar refractivity (Wildman–Crippen MR) is 106 cm³/mol. The summed E-state index contributed by atoms with van der Waals surface area (Å²) in [5.41, 5.74) is 1.18. The number of nitrogens with one attached hydrogen (secondary N) is 1. The summed E-state index contributed by atoms with van der Waals surface area (Å²) in [5, 5.41) is 2.91. The fourth-order valence-electron chi connectivity index (χ4n) is 3.35. The fraction of sp³-hybridized carbons (Fsp3) is 0.333. The Morgan fingerprint density at radius 1 is 1.19 bits per heavy atom. The molecule has 0 aliphatic carbocycles. The molecule has 2 aromatic carbocycles. The van der Waals surface area contributed by atoms with Gasteiger partial charge in [-0.3, -0.25) is 9.59 Å². The molecule has 0 radical (unpaired) electrons. The van der Waals surface area contributed by atoms with Crippen LogP contribution in [-0.4, -0.2) is 42.6 Å². The molecule has 0 unspecified atom stereocenters. The number of nitrogens with zero attached hydrogens (tertiary/aromatic N) is 1. The van der Waals surface area contributed by atoms with Crippen LogP contribution in [-0.2, 0) is 0 Å². The van der Waals surface area contributed by atoms with E-state index in [1.165, 1.54) is 24.3 Å². The van der Waals surface area contributed by atoms with E-state index < -0.39 is 0 Å². The van der Waals surface area contributed by atoms with Crippen LogP contribution < -0.4 is 5.32 Å². The van der Waals surface area contributed by atoms with Gasteiger partial charge in [0.2, 0.25) is 0 Å². The van der Waals surface area contributed by atoms with E-state index in [4.69, 9.17) is 0 Å². The van der Waals surface area contributed by atoms with Gasteiger partial charge in [-0.25, -0.2) is 4.39 Å². The summed E-state index contributed by atoms with van der Waals surface area (Å²) in [7, 11) is 0. The van der Waals surface area contributed by atoms with Crippen molar-refractivity contribution in [2.75, 3.05) is 25.9 Å². The van der Waals surface area contributed by atoms with Crippen LogP contribution in [0.5, 0.6) is 0 Å². The van der Waals surface area contributed by atoms with Crippen molar-refractivity contribution in [1.29, 1.82) is 0 Å². The third kappa shape index (κ3) is 4.89. The van der Waals surface area contributed by atoms with Crippen LogP contribution in [0.1, 0.15) is 33.6 Å². The van der Waals surface area contributed by atoms with Crippen molar-refractivity contribution in [3.05, 3.63) is 65.5 Å². The Morgan fingerprint density at radius 2 is 1.93 bits per heavy atom. The number of piperidine rings is 1. The van der Waals surface area contributed by atoms with Crippen molar-refractivity contribution in [3.8, 4) is 0 Å². The second-order valence-corrected chi connectivity index (χ2v) is 7.52. The zero-order valence-electron chi connectivity index (χ0n) is 15.3. The van der Waals surface area contributed by atoms with Crippen molar-refractivity contribution in [1.82, 2.24) is 10.2 Å². The van der Waals surface area contributed by atoms with Crippen LogP contribution in [0.25, 0.3) is 0 Å². The largest absolute Gasteiger partial charge is 0.352 e. The maximum atomic E-state index is 13.0. The van der Waals surface area contributed by atoms with Gasteiger partial charge in [-0.1, -0.05) is 12.1 Å². The van der Waals surface area contributed by atoms with E-state index >= 15 is 0 Å². The van der Waals surface area contributed by atoms with Gasteiger partial charge >= 0.3 is 0 Å². The van der Waals surface area contributed by atoms with E-state index in [1.807, 2.05) is 35.4 Å². The van der Waals surface area contributed by atoms with Gasteiger partial charge in [0.25, 0.3) is 11.8 Å². The van der Waals surface area contributed by atoms with Gasteiger partial charge in [0, 0.05) is 30.1 Å². The first-order chi connectivity index (χ1) is 13.1. The molecule has 1 N–H and O–H groups in total. The molecule has 1 aliphatic rings. The highest BCUT2D eigenvalue weighted by atomic mass is 32.2. The zero-order chi connectivity index (χ0) is 19.2. The van der Waals surface area contributed by atoms with E-state index in [-0.39, 0.29) is 23.5 Å². The van der Waals surface area contributed by atoms with Gasteiger partial charge in [-0.2, -0.15) is 0 Å². The highest BCUT2D eigenvalue weighted by Crippen LogP contribution is 2.24. The first-order valence-corrected chi connectivity index (χ1v) is 10.3.